The number of nitrogens with zero attached hydrogens (tertiary/aromatic N) is 3. The first kappa shape index (κ1) is 21.7. The Bertz CT molecular complexity index is 791. The third-order valence-electron chi connectivity index (χ3n) is 5.32. The number of pyridine rings is 1. The van der Waals surface area contributed by atoms with Gasteiger partial charge in [0.25, 0.3) is 0 Å². The van der Waals surface area contributed by atoms with Crippen LogP contribution in [0.2, 0.25) is 0 Å². The summed E-state index contributed by atoms with van der Waals surface area (Å²) in [6.45, 7) is 12.8. The molecule has 0 radical (unpaired) electrons. The molecule has 1 N–H and O–H groups in total. The number of aromatic nitrogens is 1. The number of rotatable bonds is 7. The molecule has 0 saturated carbocycles. The fourth-order valence-corrected chi connectivity index (χ4v) is 4.07. The van der Waals surface area contributed by atoms with Crippen LogP contribution in [0, 0.1) is 6.92 Å². The maximum Gasteiger partial charge on any atom is 0.173 e. The van der Waals surface area contributed by atoms with Crippen molar-refractivity contribution < 1.29 is 4.74 Å². The third-order valence-corrected chi connectivity index (χ3v) is 5.68. The number of aryl methyl sites for hydroxylation is 1. The summed E-state index contributed by atoms with van der Waals surface area (Å²) in [5.74, 6) is 0.432. The van der Waals surface area contributed by atoms with Crippen LogP contribution in [0.5, 0.6) is 0 Å². The summed E-state index contributed by atoms with van der Waals surface area (Å²) in [6.07, 6.45) is 3.72. The van der Waals surface area contributed by atoms with E-state index in [1.807, 2.05) is 12.3 Å². The Morgan fingerprint density at radius 2 is 2.03 bits per heavy atom. The molecule has 1 aliphatic rings. The Hall–Kier alpha value is -2.02. The van der Waals surface area contributed by atoms with E-state index in [0.717, 1.165) is 62.3 Å². The number of anilines is 1. The highest BCUT2D eigenvalue weighted by molar-refractivity contribution is 7.80. The Kier molecular flexibility index (Phi) is 7.98. The summed E-state index contributed by atoms with van der Waals surface area (Å²) in [5.41, 5.74) is 4.88. The van der Waals surface area contributed by atoms with E-state index in [9.17, 15) is 0 Å². The average molecular weight is 413 g/mol. The van der Waals surface area contributed by atoms with Crippen molar-refractivity contribution in [1.29, 1.82) is 0 Å². The fraction of sp³-hybridized carbons (Fsp3) is 0.478. The molecule has 2 aromatic rings. The monoisotopic (exact) mass is 412 g/mol. The van der Waals surface area contributed by atoms with Crippen molar-refractivity contribution in [3.05, 3.63) is 59.4 Å². The van der Waals surface area contributed by atoms with Crippen molar-refractivity contribution in [2.45, 2.75) is 33.2 Å². The minimum absolute atomic E-state index is 0.432. The van der Waals surface area contributed by atoms with Crippen LogP contribution in [-0.2, 0) is 11.3 Å². The molecule has 1 aromatic carbocycles. The average Bonchev–Trinajstić information content (AvgIpc) is 2.72. The molecular formula is C23H32N4OS. The molecule has 1 aromatic heterocycles. The molecule has 0 atom stereocenters. The van der Waals surface area contributed by atoms with Gasteiger partial charge < -0.3 is 15.0 Å². The van der Waals surface area contributed by atoms with Crippen molar-refractivity contribution in [1.82, 2.24) is 14.8 Å². The maximum atomic E-state index is 5.86. The Balaban J connectivity index is 1.73. The molecular weight excluding hydrogens is 380 g/mol. The predicted octanol–water partition coefficient (Wildman–Crippen LogP) is 4.04. The lowest BCUT2D eigenvalue weighted by atomic mass is 9.96. The predicted molar refractivity (Wildman–Crippen MR) is 123 cm³/mol. The molecule has 1 aliphatic heterocycles. The second-order valence-corrected chi connectivity index (χ2v) is 8.24. The van der Waals surface area contributed by atoms with Crippen LogP contribution in [-0.4, -0.2) is 59.3 Å². The number of morpholine rings is 1. The van der Waals surface area contributed by atoms with Crippen LogP contribution in [0.15, 0.2) is 42.7 Å². The molecule has 0 unspecified atom stereocenters. The lowest BCUT2D eigenvalue weighted by molar-refractivity contribution is 0.0358. The van der Waals surface area contributed by atoms with Crippen molar-refractivity contribution in [3.63, 3.8) is 0 Å². The summed E-state index contributed by atoms with van der Waals surface area (Å²) < 4.78 is 5.47. The standard InChI is InChI=1S/C23H32N4OS/c1-18(2)22-19(3)6-4-8-21(22)25-23(29)27(17-20-7-5-9-24-16-20)11-10-26-12-14-28-15-13-26/h4-9,16,18H,10-15,17H2,1-3H3,(H,25,29). The summed E-state index contributed by atoms with van der Waals surface area (Å²) in [6, 6.07) is 10.5. The summed E-state index contributed by atoms with van der Waals surface area (Å²) in [4.78, 5) is 8.95. The molecule has 1 saturated heterocycles. The topological polar surface area (TPSA) is 40.6 Å². The van der Waals surface area contributed by atoms with Crippen LogP contribution >= 0.6 is 12.2 Å². The largest absolute Gasteiger partial charge is 0.379 e. The number of hydrogen-bond donors (Lipinski definition) is 1. The third kappa shape index (κ3) is 6.23. The second kappa shape index (κ2) is 10.7. The lowest BCUT2D eigenvalue weighted by Gasteiger charge is -2.32. The van der Waals surface area contributed by atoms with Gasteiger partial charge in [0.05, 0.1) is 13.2 Å². The molecule has 29 heavy (non-hydrogen) atoms. The number of hydrogen-bond acceptors (Lipinski definition) is 4. The van der Waals surface area contributed by atoms with E-state index in [1.54, 1.807) is 6.20 Å². The van der Waals surface area contributed by atoms with Gasteiger partial charge in [-0.25, -0.2) is 0 Å². The van der Waals surface area contributed by atoms with E-state index in [-0.39, 0.29) is 0 Å². The highest BCUT2D eigenvalue weighted by Crippen LogP contribution is 2.28. The Morgan fingerprint density at radius 1 is 1.24 bits per heavy atom. The number of ether oxygens (including phenoxy) is 1. The zero-order valence-electron chi connectivity index (χ0n) is 17.7. The molecule has 3 rings (SSSR count). The van der Waals surface area contributed by atoms with E-state index in [4.69, 9.17) is 17.0 Å². The fourth-order valence-electron chi connectivity index (χ4n) is 3.80. The quantitative estimate of drug-likeness (QED) is 0.692. The normalized spacial score (nSPS) is 14.8. The molecule has 0 spiro atoms. The van der Waals surface area contributed by atoms with Gasteiger partial charge in [-0.15, -0.1) is 0 Å². The van der Waals surface area contributed by atoms with Gasteiger partial charge in [-0.2, -0.15) is 0 Å². The zero-order valence-corrected chi connectivity index (χ0v) is 18.5. The van der Waals surface area contributed by atoms with Gasteiger partial charge in [0.1, 0.15) is 0 Å². The minimum Gasteiger partial charge on any atom is -0.379 e. The van der Waals surface area contributed by atoms with Crippen molar-refractivity contribution in [2.24, 2.45) is 0 Å². The Morgan fingerprint density at radius 3 is 2.72 bits per heavy atom. The van der Waals surface area contributed by atoms with E-state index < -0.39 is 0 Å². The summed E-state index contributed by atoms with van der Waals surface area (Å²) >= 11 is 5.86. The molecule has 0 amide bonds. The molecule has 156 valence electrons. The number of benzene rings is 1. The van der Waals surface area contributed by atoms with Crippen molar-refractivity contribution in [2.75, 3.05) is 44.7 Å². The molecule has 6 heteroatoms. The van der Waals surface area contributed by atoms with Gasteiger partial charge in [0, 0.05) is 50.8 Å². The van der Waals surface area contributed by atoms with Gasteiger partial charge in [-0.3, -0.25) is 9.88 Å². The van der Waals surface area contributed by atoms with Crippen LogP contribution in [0.3, 0.4) is 0 Å². The Labute approximate surface area is 180 Å². The first-order valence-electron chi connectivity index (χ1n) is 10.4. The van der Waals surface area contributed by atoms with E-state index in [0.29, 0.717) is 5.92 Å². The SMILES string of the molecule is Cc1cccc(NC(=S)N(CCN2CCOCC2)Cc2cccnc2)c1C(C)C. The zero-order chi connectivity index (χ0) is 20.6. The first-order chi connectivity index (χ1) is 14.0. The van der Waals surface area contributed by atoms with Crippen LogP contribution in [0.1, 0.15) is 36.5 Å². The van der Waals surface area contributed by atoms with Crippen LogP contribution in [0.25, 0.3) is 0 Å². The minimum atomic E-state index is 0.432. The molecule has 0 bridgehead atoms. The van der Waals surface area contributed by atoms with E-state index in [2.05, 4.69) is 65.1 Å². The van der Waals surface area contributed by atoms with Gasteiger partial charge >= 0.3 is 0 Å². The molecule has 2 heterocycles. The van der Waals surface area contributed by atoms with E-state index >= 15 is 0 Å². The van der Waals surface area contributed by atoms with Gasteiger partial charge in [-0.05, 0) is 53.9 Å². The molecule has 0 aliphatic carbocycles. The highest BCUT2D eigenvalue weighted by Gasteiger charge is 2.17. The molecule has 5 nitrogen and oxygen atoms in total. The van der Waals surface area contributed by atoms with Crippen molar-refractivity contribution >= 4 is 23.0 Å². The maximum absolute atomic E-state index is 5.86. The van der Waals surface area contributed by atoms with Gasteiger partial charge in [0.15, 0.2) is 5.11 Å². The lowest BCUT2D eigenvalue weighted by Crippen LogP contribution is -2.44. The smallest absolute Gasteiger partial charge is 0.173 e. The van der Waals surface area contributed by atoms with Crippen LogP contribution in [0.4, 0.5) is 5.69 Å². The van der Waals surface area contributed by atoms with Crippen molar-refractivity contribution in [3.8, 4) is 0 Å². The molecule has 1 fully saturated rings. The first-order valence-corrected chi connectivity index (χ1v) is 10.8. The number of thiocarbonyl (C=S) groups is 1. The summed E-state index contributed by atoms with van der Waals surface area (Å²) in [7, 11) is 0. The second-order valence-electron chi connectivity index (χ2n) is 7.86. The van der Waals surface area contributed by atoms with Crippen LogP contribution < -0.4 is 5.32 Å². The van der Waals surface area contributed by atoms with Gasteiger partial charge in [-0.1, -0.05) is 32.0 Å². The summed E-state index contributed by atoms with van der Waals surface area (Å²) in [5, 5.41) is 4.29. The van der Waals surface area contributed by atoms with E-state index in [1.165, 1.54) is 11.1 Å². The van der Waals surface area contributed by atoms with Gasteiger partial charge in [0.2, 0.25) is 0 Å². The highest BCUT2D eigenvalue weighted by atomic mass is 32.1. The number of nitrogens with one attached hydrogen (secondary N) is 1.